The summed E-state index contributed by atoms with van der Waals surface area (Å²) in [6, 6.07) is 0. The van der Waals surface area contributed by atoms with E-state index in [0.717, 1.165) is 13.1 Å². The second-order valence-corrected chi connectivity index (χ2v) is 4.06. The van der Waals surface area contributed by atoms with Crippen molar-refractivity contribution in [3.05, 3.63) is 0 Å². The van der Waals surface area contributed by atoms with Gasteiger partial charge in [-0.25, -0.2) is 0 Å². The maximum absolute atomic E-state index is 5.12. The first-order valence-electron chi connectivity index (χ1n) is 4.62. The molecule has 72 valence electrons. The minimum atomic E-state index is 0.392. The summed E-state index contributed by atoms with van der Waals surface area (Å²) in [6.45, 7) is 5.61. The van der Waals surface area contributed by atoms with E-state index in [9.17, 15) is 0 Å². The number of nitrogens with zero attached hydrogens (tertiary/aromatic N) is 1. The number of rotatable bonds is 3. The van der Waals surface area contributed by atoms with E-state index in [1.807, 2.05) is 12.1 Å². The molecule has 0 aromatic rings. The van der Waals surface area contributed by atoms with Gasteiger partial charge in [0.1, 0.15) is 0 Å². The Balaban J connectivity index is 2.35. The molecule has 0 aromatic carbocycles. The number of hydrogen-bond acceptors (Lipinski definition) is 3. The second kappa shape index (κ2) is 4.21. The van der Waals surface area contributed by atoms with Crippen LogP contribution in [0.15, 0.2) is 0 Å². The molecule has 1 saturated heterocycles. The maximum Gasteiger partial charge on any atom is 0.0575 e. The Morgan fingerprint density at radius 2 is 2.33 bits per heavy atom. The Labute approximate surface area is 75.0 Å². The van der Waals surface area contributed by atoms with Crippen molar-refractivity contribution < 1.29 is 4.84 Å². The molecular weight excluding hydrogens is 152 g/mol. The normalized spacial score (nSPS) is 31.0. The Kier molecular flexibility index (Phi) is 3.50. The van der Waals surface area contributed by atoms with Crippen LogP contribution in [-0.4, -0.2) is 38.9 Å². The highest BCUT2D eigenvalue weighted by Gasteiger charge is 2.27. The molecule has 1 atom stereocenters. The smallest absolute Gasteiger partial charge is 0.0575 e. The van der Waals surface area contributed by atoms with Gasteiger partial charge < -0.3 is 10.2 Å². The topological polar surface area (TPSA) is 24.5 Å². The molecular formula is C9H20N2O. The van der Waals surface area contributed by atoms with Gasteiger partial charge in [0.2, 0.25) is 0 Å². The molecule has 0 aliphatic carbocycles. The Morgan fingerprint density at radius 3 is 2.83 bits per heavy atom. The summed E-state index contributed by atoms with van der Waals surface area (Å²) in [5.74, 6) is 0. The summed E-state index contributed by atoms with van der Waals surface area (Å²) < 4.78 is 0. The minimum absolute atomic E-state index is 0.392. The largest absolute Gasteiger partial charge is 0.316 e. The molecule has 3 nitrogen and oxygen atoms in total. The van der Waals surface area contributed by atoms with Gasteiger partial charge in [-0.05, 0) is 24.8 Å². The van der Waals surface area contributed by atoms with Crippen LogP contribution in [-0.2, 0) is 4.84 Å². The SMILES string of the molecule is CON(C)CC1(C)CCCNC1. The van der Waals surface area contributed by atoms with Gasteiger partial charge >= 0.3 is 0 Å². The van der Waals surface area contributed by atoms with Gasteiger partial charge in [0.15, 0.2) is 0 Å². The van der Waals surface area contributed by atoms with Crippen LogP contribution in [0, 0.1) is 5.41 Å². The Morgan fingerprint density at radius 1 is 1.58 bits per heavy atom. The molecule has 1 rings (SSSR count). The summed E-state index contributed by atoms with van der Waals surface area (Å²) in [6.07, 6.45) is 2.59. The standard InChI is InChI=1S/C9H20N2O/c1-9(8-11(2)12-3)5-4-6-10-7-9/h10H,4-8H2,1-3H3. The van der Waals surface area contributed by atoms with E-state index in [4.69, 9.17) is 4.84 Å². The fourth-order valence-electron chi connectivity index (χ4n) is 1.86. The second-order valence-electron chi connectivity index (χ2n) is 4.06. The zero-order chi connectivity index (χ0) is 9.03. The predicted octanol–water partition coefficient (Wildman–Crippen LogP) is 0.869. The molecule has 0 saturated carbocycles. The average molecular weight is 172 g/mol. The van der Waals surface area contributed by atoms with Crippen LogP contribution in [0.3, 0.4) is 0 Å². The van der Waals surface area contributed by atoms with Crippen LogP contribution < -0.4 is 5.32 Å². The quantitative estimate of drug-likeness (QED) is 0.639. The van der Waals surface area contributed by atoms with E-state index < -0.39 is 0 Å². The van der Waals surface area contributed by atoms with Gasteiger partial charge in [-0.3, -0.25) is 0 Å². The first-order chi connectivity index (χ1) is 5.66. The zero-order valence-corrected chi connectivity index (χ0v) is 8.39. The van der Waals surface area contributed by atoms with Crippen LogP contribution in [0.1, 0.15) is 19.8 Å². The van der Waals surface area contributed by atoms with Gasteiger partial charge in [0.05, 0.1) is 7.11 Å². The molecule has 0 aromatic heterocycles. The number of hydroxylamine groups is 2. The number of piperidine rings is 1. The average Bonchev–Trinajstić information content (AvgIpc) is 2.05. The van der Waals surface area contributed by atoms with Crippen molar-refractivity contribution in [1.29, 1.82) is 0 Å². The Bertz CT molecular complexity index is 132. The molecule has 0 spiro atoms. The van der Waals surface area contributed by atoms with E-state index in [1.165, 1.54) is 19.4 Å². The predicted molar refractivity (Wildman–Crippen MR) is 49.8 cm³/mol. The highest BCUT2D eigenvalue weighted by Crippen LogP contribution is 2.25. The van der Waals surface area contributed by atoms with Crippen LogP contribution in [0.2, 0.25) is 0 Å². The highest BCUT2D eigenvalue weighted by molar-refractivity contribution is 4.82. The molecule has 1 fully saturated rings. The molecule has 0 radical (unpaired) electrons. The van der Waals surface area contributed by atoms with Gasteiger partial charge in [-0.2, -0.15) is 5.06 Å². The third-order valence-electron chi connectivity index (χ3n) is 2.60. The van der Waals surface area contributed by atoms with Crippen molar-refractivity contribution >= 4 is 0 Å². The van der Waals surface area contributed by atoms with Crippen molar-refractivity contribution in [3.8, 4) is 0 Å². The van der Waals surface area contributed by atoms with E-state index in [1.54, 1.807) is 7.11 Å². The maximum atomic E-state index is 5.12. The lowest BCUT2D eigenvalue weighted by atomic mass is 9.83. The third kappa shape index (κ3) is 2.73. The fourth-order valence-corrected chi connectivity index (χ4v) is 1.86. The van der Waals surface area contributed by atoms with Gasteiger partial charge in [-0.1, -0.05) is 6.92 Å². The summed E-state index contributed by atoms with van der Waals surface area (Å²) >= 11 is 0. The van der Waals surface area contributed by atoms with Crippen molar-refractivity contribution in [2.45, 2.75) is 19.8 Å². The molecule has 0 amide bonds. The van der Waals surface area contributed by atoms with E-state index in [2.05, 4.69) is 12.2 Å². The van der Waals surface area contributed by atoms with Crippen molar-refractivity contribution in [1.82, 2.24) is 10.4 Å². The molecule has 1 N–H and O–H groups in total. The summed E-state index contributed by atoms with van der Waals surface area (Å²) in [7, 11) is 3.71. The van der Waals surface area contributed by atoms with E-state index in [-0.39, 0.29) is 0 Å². The van der Waals surface area contributed by atoms with Crippen LogP contribution >= 0.6 is 0 Å². The van der Waals surface area contributed by atoms with Gasteiger partial charge in [-0.15, -0.1) is 0 Å². The lowest BCUT2D eigenvalue weighted by molar-refractivity contribution is -0.131. The number of hydrogen-bond donors (Lipinski definition) is 1. The highest BCUT2D eigenvalue weighted by atomic mass is 16.7. The van der Waals surface area contributed by atoms with Crippen molar-refractivity contribution in [2.24, 2.45) is 5.41 Å². The minimum Gasteiger partial charge on any atom is -0.316 e. The lowest BCUT2D eigenvalue weighted by Gasteiger charge is -2.36. The molecule has 12 heavy (non-hydrogen) atoms. The third-order valence-corrected chi connectivity index (χ3v) is 2.60. The van der Waals surface area contributed by atoms with Gasteiger partial charge in [0.25, 0.3) is 0 Å². The monoisotopic (exact) mass is 172 g/mol. The van der Waals surface area contributed by atoms with E-state index in [0.29, 0.717) is 5.41 Å². The summed E-state index contributed by atoms with van der Waals surface area (Å²) in [4.78, 5) is 5.12. The molecule has 3 heteroatoms. The zero-order valence-electron chi connectivity index (χ0n) is 8.39. The van der Waals surface area contributed by atoms with Crippen LogP contribution in [0.5, 0.6) is 0 Å². The first-order valence-corrected chi connectivity index (χ1v) is 4.62. The molecule has 1 unspecified atom stereocenters. The van der Waals surface area contributed by atoms with Crippen LogP contribution in [0.25, 0.3) is 0 Å². The molecule has 1 aliphatic rings. The number of nitrogens with one attached hydrogen (secondary N) is 1. The van der Waals surface area contributed by atoms with Crippen LogP contribution in [0.4, 0.5) is 0 Å². The van der Waals surface area contributed by atoms with Crippen molar-refractivity contribution in [3.63, 3.8) is 0 Å². The first kappa shape index (κ1) is 9.96. The van der Waals surface area contributed by atoms with Gasteiger partial charge in [0, 0.05) is 20.1 Å². The summed E-state index contributed by atoms with van der Waals surface area (Å²) in [5, 5.41) is 5.33. The molecule has 0 bridgehead atoms. The van der Waals surface area contributed by atoms with E-state index >= 15 is 0 Å². The van der Waals surface area contributed by atoms with Crippen molar-refractivity contribution in [2.75, 3.05) is 33.8 Å². The lowest BCUT2D eigenvalue weighted by Crippen LogP contribution is -2.44. The fraction of sp³-hybridized carbons (Fsp3) is 1.00. The summed E-state index contributed by atoms with van der Waals surface area (Å²) in [5.41, 5.74) is 0.392. The molecule has 1 aliphatic heterocycles. The Hall–Kier alpha value is -0.120. The molecule has 1 heterocycles.